The first-order chi connectivity index (χ1) is 8.68. The molecule has 1 aliphatic rings. The van der Waals surface area contributed by atoms with Gasteiger partial charge in [-0.3, -0.25) is 4.79 Å². The van der Waals surface area contributed by atoms with Crippen molar-refractivity contribution in [2.45, 2.75) is 32.1 Å². The first-order valence-corrected chi connectivity index (χ1v) is 6.66. The van der Waals surface area contributed by atoms with Gasteiger partial charge in [-0.1, -0.05) is 36.9 Å². The first-order valence-electron chi connectivity index (χ1n) is 6.28. The number of carbonyl (C=O) groups excluding carboxylic acids is 1. The van der Waals surface area contributed by atoms with E-state index in [1.165, 1.54) is 18.6 Å². The summed E-state index contributed by atoms with van der Waals surface area (Å²) in [6, 6.07) is 4.54. The number of benzene rings is 1. The van der Waals surface area contributed by atoms with Crippen LogP contribution in [0.4, 0.5) is 4.39 Å². The maximum atomic E-state index is 13.5. The summed E-state index contributed by atoms with van der Waals surface area (Å²) >= 11 is 5.64. The maximum Gasteiger partial charge on any atom is 0.183 e. The summed E-state index contributed by atoms with van der Waals surface area (Å²) in [5, 5.41) is 0.0117. The number of rotatable bonds is 4. The number of hydrogen-bond donors (Lipinski definition) is 0. The molecule has 98 valence electrons. The van der Waals surface area contributed by atoms with E-state index in [0.29, 0.717) is 0 Å². The molecule has 2 rings (SSSR count). The van der Waals surface area contributed by atoms with E-state index in [-0.39, 0.29) is 29.1 Å². The van der Waals surface area contributed by atoms with Gasteiger partial charge >= 0.3 is 0 Å². The number of carbonyl (C=O) groups is 1. The molecule has 0 unspecified atom stereocenters. The Balaban J connectivity index is 1.90. The third-order valence-electron chi connectivity index (χ3n) is 3.35. The van der Waals surface area contributed by atoms with E-state index in [4.69, 9.17) is 16.3 Å². The van der Waals surface area contributed by atoms with Gasteiger partial charge in [-0.2, -0.15) is 0 Å². The summed E-state index contributed by atoms with van der Waals surface area (Å²) in [6.07, 6.45) is 5.26. The van der Waals surface area contributed by atoms with Crippen LogP contribution < -0.4 is 4.74 Å². The van der Waals surface area contributed by atoms with E-state index in [1.807, 2.05) is 0 Å². The highest BCUT2D eigenvalue weighted by atomic mass is 35.5. The van der Waals surface area contributed by atoms with Gasteiger partial charge in [0.2, 0.25) is 0 Å². The van der Waals surface area contributed by atoms with E-state index in [2.05, 4.69) is 0 Å². The van der Waals surface area contributed by atoms with Crippen LogP contribution in [0.2, 0.25) is 5.02 Å². The Bertz CT molecular complexity index is 428. The predicted octanol–water partition coefficient (Wildman–Crippen LogP) is 4.01. The van der Waals surface area contributed by atoms with Gasteiger partial charge in [-0.15, -0.1) is 0 Å². The highest BCUT2D eigenvalue weighted by Crippen LogP contribution is 2.26. The Morgan fingerprint density at radius 3 is 2.78 bits per heavy atom. The van der Waals surface area contributed by atoms with Crippen LogP contribution in [0.15, 0.2) is 18.2 Å². The Hall–Kier alpha value is -1.09. The van der Waals surface area contributed by atoms with Gasteiger partial charge in [0.05, 0.1) is 5.02 Å². The largest absolute Gasteiger partial charge is 0.483 e. The topological polar surface area (TPSA) is 26.3 Å². The van der Waals surface area contributed by atoms with Crippen molar-refractivity contribution < 1.29 is 13.9 Å². The van der Waals surface area contributed by atoms with Gasteiger partial charge in [0.15, 0.2) is 17.3 Å². The highest BCUT2D eigenvalue weighted by Gasteiger charge is 2.21. The molecule has 0 bridgehead atoms. The van der Waals surface area contributed by atoms with Gasteiger partial charge in [0.1, 0.15) is 6.61 Å². The zero-order valence-electron chi connectivity index (χ0n) is 10.1. The molecule has 0 heterocycles. The second kappa shape index (κ2) is 6.19. The standard InChI is InChI=1S/C14H16ClFO2/c15-11-7-4-8-13(14(11)16)18-9-12(17)10-5-2-1-3-6-10/h4,7-8,10H,1-3,5-6,9H2. The van der Waals surface area contributed by atoms with E-state index in [0.717, 1.165) is 25.7 Å². The minimum atomic E-state index is -0.601. The number of hydrogen-bond acceptors (Lipinski definition) is 2. The zero-order valence-corrected chi connectivity index (χ0v) is 10.9. The van der Waals surface area contributed by atoms with Crippen LogP contribution in [0.3, 0.4) is 0 Å². The molecule has 1 fully saturated rings. The van der Waals surface area contributed by atoms with Gasteiger partial charge in [0.25, 0.3) is 0 Å². The summed E-state index contributed by atoms with van der Waals surface area (Å²) in [4.78, 5) is 11.9. The Morgan fingerprint density at radius 1 is 1.33 bits per heavy atom. The second-order valence-electron chi connectivity index (χ2n) is 4.64. The monoisotopic (exact) mass is 270 g/mol. The lowest BCUT2D eigenvalue weighted by atomic mass is 9.86. The Morgan fingerprint density at radius 2 is 2.06 bits per heavy atom. The SMILES string of the molecule is O=C(COc1cccc(Cl)c1F)C1CCCCC1. The number of ketones is 1. The average molecular weight is 271 g/mol. The molecular formula is C14H16ClFO2. The molecular weight excluding hydrogens is 255 g/mol. The summed E-state index contributed by atoms with van der Waals surface area (Å²) in [7, 11) is 0. The molecule has 0 aliphatic heterocycles. The molecule has 0 N–H and O–H groups in total. The smallest absolute Gasteiger partial charge is 0.183 e. The van der Waals surface area contributed by atoms with Crippen LogP contribution in [0, 0.1) is 11.7 Å². The van der Waals surface area contributed by atoms with Crippen molar-refractivity contribution >= 4 is 17.4 Å². The fraction of sp³-hybridized carbons (Fsp3) is 0.500. The van der Waals surface area contributed by atoms with Crippen LogP contribution in [0.25, 0.3) is 0 Å². The van der Waals surface area contributed by atoms with Crippen LogP contribution in [-0.2, 0) is 4.79 Å². The van der Waals surface area contributed by atoms with Crippen LogP contribution in [0.5, 0.6) is 5.75 Å². The minimum Gasteiger partial charge on any atom is -0.483 e. The molecule has 1 aromatic carbocycles. The van der Waals surface area contributed by atoms with Crippen molar-refractivity contribution in [1.82, 2.24) is 0 Å². The summed E-state index contributed by atoms with van der Waals surface area (Å²) in [5.41, 5.74) is 0. The minimum absolute atomic E-state index is 0.0117. The van der Waals surface area contributed by atoms with Crippen LogP contribution >= 0.6 is 11.6 Å². The second-order valence-corrected chi connectivity index (χ2v) is 5.05. The number of ether oxygens (including phenoxy) is 1. The Labute approximate surface area is 111 Å². The fourth-order valence-electron chi connectivity index (χ4n) is 2.29. The Kier molecular flexibility index (Phi) is 4.59. The molecule has 1 saturated carbocycles. The lowest BCUT2D eigenvalue weighted by Crippen LogP contribution is -2.23. The quantitative estimate of drug-likeness (QED) is 0.826. The van der Waals surface area contributed by atoms with E-state index in [9.17, 15) is 9.18 Å². The zero-order chi connectivity index (χ0) is 13.0. The number of halogens is 2. The van der Waals surface area contributed by atoms with Crippen LogP contribution in [-0.4, -0.2) is 12.4 Å². The molecule has 4 heteroatoms. The third kappa shape index (κ3) is 3.22. The number of Topliss-reactive ketones (excluding diaryl/α,β-unsaturated/α-hetero) is 1. The molecule has 0 amide bonds. The van der Waals surface area contributed by atoms with Crippen molar-refractivity contribution in [2.24, 2.45) is 5.92 Å². The molecule has 0 aromatic heterocycles. The van der Waals surface area contributed by atoms with Crippen molar-refractivity contribution in [3.63, 3.8) is 0 Å². The van der Waals surface area contributed by atoms with E-state index < -0.39 is 5.82 Å². The summed E-state index contributed by atoms with van der Waals surface area (Å²) in [6.45, 7) is -0.0675. The molecule has 18 heavy (non-hydrogen) atoms. The highest BCUT2D eigenvalue weighted by molar-refractivity contribution is 6.30. The molecule has 2 nitrogen and oxygen atoms in total. The third-order valence-corrected chi connectivity index (χ3v) is 3.64. The predicted molar refractivity (Wildman–Crippen MR) is 68.5 cm³/mol. The fourth-order valence-corrected chi connectivity index (χ4v) is 2.45. The first kappa shape index (κ1) is 13.3. The van der Waals surface area contributed by atoms with Gasteiger partial charge < -0.3 is 4.74 Å². The van der Waals surface area contributed by atoms with Gasteiger partial charge in [-0.25, -0.2) is 4.39 Å². The normalized spacial score (nSPS) is 16.6. The molecule has 1 aromatic rings. The average Bonchev–Trinajstić information content (AvgIpc) is 2.41. The molecule has 0 radical (unpaired) electrons. The lowest BCUT2D eigenvalue weighted by Gasteiger charge is -2.20. The van der Waals surface area contributed by atoms with E-state index >= 15 is 0 Å². The van der Waals surface area contributed by atoms with Crippen molar-refractivity contribution in [2.75, 3.05) is 6.61 Å². The van der Waals surface area contributed by atoms with Crippen molar-refractivity contribution in [3.05, 3.63) is 29.0 Å². The maximum absolute atomic E-state index is 13.5. The molecule has 0 saturated heterocycles. The van der Waals surface area contributed by atoms with Crippen molar-refractivity contribution in [1.29, 1.82) is 0 Å². The van der Waals surface area contributed by atoms with E-state index in [1.54, 1.807) is 6.07 Å². The summed E-state index contributed by atoms with van der Waals surface area (Å²) < 4.78 is 18.7. The molecule has 0 spiro atoms. The molecule has 1 aliphatic carbocycles. The summed E-state index contributed by atoms with van der Waals surface area (Å²) in [5.74, 6) is -0.405. The van der Waals surface area contributed by atoms with Crippen LogP contribution in [0.1, 0.15) is 32.1 Å². The lowest BCUT2D eigenvalue weighted by molar-refractivity contribution is -0.125. The van der Waals surface area contributed by atoms with Gasteiger partial charge in [0, 0.05) is 5.92 Å². The van der Waals surface area contributed by atoms with Gasteiger partial charge in [-0.05, 0) is 25.0 Å². The van der Waals surface area contributed by atoms with Crippen molar-refractivity contribution in [3.8, 4) is 5.75 Å². The molecule has 0 atom stereocenters.